The highest BCUT2D eigenvalue weighted by Gasteiger charge is 2.32. The second kappa shape index (κ2) is 12.2. The summed E-state index contributed by atoms with van der Waals surface area (Å²) in [7, 11) is -3.86. The van der Waals surface area contributed by atoms with E-state index in [9.17, 15) is 17.6 Å². The van der Waals surface area contributed by atoms with Crippen LogP contribution < -0.4 is 16.7 Å². The van der Waals surface area contributed by atoms with Gasteiger partial charge in [0.2, 0.25) is 10.0 Å². The number of nitrogens with two attached hydrogens (primary N) is 1. The van der Waals surface area contributed by atoms with Crippen LogP contribution in [0.5, 0.6) is 0 Å². The first-order valence-corrected chi connectivity index (χ1v) is 15.7. The third-order valence-corrected chi connectivity index (χ3v) is 9.91. The van der Waals surface area contributed by atoms with Crippen LogP contribution in [0, 0.1) is 5.82 Å². The summed E-state index contributed by atoms with van der Waals surface area (Å²) in [5.74, 6) is -0.321. The number of nitrogens with one attached hydrogen (secondary N) is 2. The van der Waals surface area contributed by atoms with Gasteiger partial charge in [0.15, 0.2) is 0 Å². The van der Waals surface area contributed by atoms with Gasteiger partial charge in [0.1, 0.15) is 11.5 Å². The fourth-order valence-electron chi connectivity index (χ4n) is 5.57. The first-order valence-electron chi connectivity index (χ1n) is 14.3. The lowest BCUT2D eigenvalue weighted by Gasteiger charge is -2.34. The Morgan fingerprint density at radius 2 is 1.70 bits per heavy atom. The van der Waals surface area contributed by atoms with Gasteiger partial charge in [0.05, 0.1) is 10.6 Å². The van der Waals surface area contributed by atoms with Gasteiger partial charge in [-0.2, -0.15) is 9.29 Å². The lowest BCUT2D eigenvalue weighted by Crippen LogP contribution is -2.46. The molecule has 1 saturated heterocycles. The average Bonchev–Trinajstić information content (AvgIpc) is 3.45. The number of nitrogens with zero attached hydrogens (tertiary/aromatic N) is 3. The molecule has 11 heteroatoms. The zero-order valence-corrected chi connectivity index (χ0v) is 24.4. The molecular weight excluding hydrogens is 567 g/mol. The summed E-state index contributed by atoms with van der Waals surface area (Å²) in [5.41, 5.74) is 9.49. The van der Waals surface area contributed by atoms with E-state index >= 15 is 0 Å². The van der Waals surface area contributed by atoms with E-state index in [0.717, 1.165) is 24.2 Å². The zero-order valence-electron chi connectivity index (χ0n) is 23.5. The van der Waals surface area contributed by atoms with Crippen LogP contribution in [0.25, 0.3) is 28.0 Å². The maximum absolute atomic E-state index is 14.1. The van der Waals surface area contributed by atoms with Crippen LogP contribution >= 0.6 is 0 Å². The van der Waals surface area contributed by atoms with Crippen LogP contribution in [0.4, 0.5) is 4.39 Å². The standard InChI is InChI=1S/C32H33FN6O3S/c33-26-8-4-22(5-9-26)14-17-39(28-12-15-35-16-13-28)43(41,42)29-3-1-2-24(18-29)30-19-25-21-38(32(40)37-31(25)36-30)27-10-6-23(20-34)7-11-27/h1-11,18-19,21,28,35H,12-17,20,34H2,(H,36,37,40). The molecule has 1 fully saturated rings. The van der Waals surface area contributed by atoms with Crippen LogP contribution in [0.1, 0.15) is 24.0 Å². The number of piperidine rings is 1. The van der Waals surface area contributed by atoms with Crippen LogP contribution in [-0.4, -0.2) is 52.9 Å². The van der Waals surface area contributed by atoms with E-state index in [1.807, 2.05) is 36.4 Å². The third-order valence-electron chi connectivity index (χ3n) is 7.96. The normalized spacial score (nSPS) is 14.5. The van der Waals surface area contributed by atoms with Gasteiger partial charge >= 0.3 is 5.69 Å². The Balaban J connectivity index is 1.31. The molecule has 1 aliphatic heterocycles. The molecule has 222 valence electrons. The lowest BCUT2D eigenvalue weighted by molar-refractivity contribution is 0.264. The minimum atomic E-state index is -3.86. The number of fused-ring (bicyclic) bond motifs is 1. The molecule has 0 atom stereocenters. The van der Waals surface area contributed by atoms with Gasteiger partial charge in [0, 0.05) is 36.4 Å². The minimum absolute atomic E-state index is 0.141. The molecule has 0 aliphatic carbocycles. The Kier molecular flexibility index (Phi) is 8.22. The maximum Gasteiger partial charge on any atom is 0.354 e. The predicted octanol–water partition coefficient (Wildman–Crippen LogP) is 3.96. The summed E-state index contributed by atoms with van der Waals surface area (Å²) >= 11 is 0. The monoisotopic (exact) mass is 600 g/mol. The average molecular weight is 601 g/mol. The molecule has 1 aliphatic rings. The van der Waals surface area contributed by atoms with Crippen molar-refractivity contribution >= 4 is 21.1 Å². The molecule has 5 aromatic rings. The van der Waals surface area contributed by atoms with Gasteiger partial charge < -0.3 is 16.0 Å². The molecule has 4 N–H and O–H groups in total. The molecule has 0 amide bonds. The molecule has 6 rings (SSSR count). The van der Waals surface area contributed by atoms with Crippen LogP contribution in [0.3, 0.4) is 0 Å². The van der Waals surface area contributed by atoms with Gasteiger partial charge in [-0.15, -0.1) is 0 Å². The first kappa shape index (κ1) is 28.9. The number of aromatic amines is 1. The number of hydrogen-bond acceptors (Lipinski definition) is 6. The van der Waals surface area contributed by atoms with Crippen molar-refractivity contribution in [3.05, 3.63) is 112 Å². The van der Waals surface area contributed by atoms with Crippen molar-refractivity contribution in [3.63, 3.8) is 0 Å². The highest BCUT2D eigenvalue weighted by molar-refractivity contribution is 7.89. The smallest absolute Gasteiger partial charge is 0.339 e. The van der Waals surface area contributed by atoms with Crippen LogP contribution in [-0.2, 0) is 23.0 Å². The predicted molar refractivity (Wildman–Crippen MR) is 165 cm³/mol. The van der Waals surface area contributed by atoms with E-state index in [1.54, 1.807) is 40.8 Å². The minimum Gasteiger partial charge on any atom is -0.339 e. The molecule has 3 aromatic carbocycles. The number of halogens is 1. The van der Waals surface area contributed by atoms with Gasteiger partial charge in [-0.05, 0) is 91.5 Å². The number of aromatic nitrogens is 3. The molecule has 2 aromatic heterocycles. The first-order chi connectivity index (χ1) is 20.8. The topological polar surface area (TPSA) is 126 Å². The summed E-state index contributed by atoms with van der Waals surface area (Å²) in [4.78, 5) is 20.4. The third kappa shape index (κ3) is 6.16. The van der Waals surface area contributed by atoms with Gasteiger partial charge in [-0.1, -0.05) is 36.4 Å². The maximum atomic E-state index is 14.1. The summed E-state index contributed by atoms with van der Waals surface area (Å²) in [6.07, 6.45) is 3.62. The highest BCUT2D eigenvalue weighted by Crippen LogP contribution is 2.29. The largest absolute Gasteiger partial charge is 0.354 e. The molecule has 0 bridgehead atoms. The van der Waals surface area contributed by atoms with Crippen LogP contribution in [0.2, 0.25) is 0 Å². The van der Waals surface area contributed by atoms with Crippen molar-refractivity contribution in [1.29, 1.82) is 0 Å². The van der Waals surface area contributed by atoms with E-state index in [1.165, 1.54) is 16.7 Å². The molecule has 0 saturated carbocycles. The summed E-state index contributed by atoms with van der Waals surface area (Å²) in [5, 5.41) is 4.01. The molecule has 3 heterocycles. The number of rotatable bonds is 9. The molecular formula is C32H33FN6O3S. The Labute approximate surface area is 249 Å². The number of sulfonamides is 1. The second-order valence-electron chi connectivity index (χ2n) is 10.8. The molecule has 43 heavy (non-hydrogen) atoms. The van der Waals surface area contributed by atoms with Crippen molar-refractivity contribution in [1.82, 2.24) is 24.2 Å². The molecule has 0 radical (unpaired) electrons. The number of benzene rings is 3. The van der Waals surface area contributed by atoms with Crippen molar-refractivity contribution in [2.75, 3.05) is 19.6 Å². The molecule has 0 spiro atoms. The Bertz CT molecular complexity index is 1900. The fraction of sp³-hybridized carbons (Fsp3) is 0.250. The summed E-state index contributed by atoms with van der Waals surface area (Å²) < 4.78 is 44.8. The van der Waals surface area contributed by atoms with Crippen molar-refractivity contribution in [2.24, 2.45) is 5.73 Å². The van der Waals surface area contributed by atoms with Gasteiger partial charge in [-0.25, -0.2) is 17.6 Å². The fourth-order valence-corrected chi connectivity index (χ4v) is 7.30. The van der Waals surface area contributed by atoms with Crippen molar-refractivity contribution in [2.45, 2.75) is 36.7 Å². The van der Waals surface area contributed by atoms with Gasteiger partial charge in [0.25, 0.3) is 0 Å². The second-order valence-corrected chi connectivity index (χ2v) is 12.6. The summed E-state index contributed by atoms with van der Waals surface area (Å²) in [6.45, 7) is 2.19. The van der Waals surface area contributed by atoms with Crippen LogP contribution in [0.15, 0.2) is 94.7 Å². The van der Waals surface area contributed by atoms with E-state index in [4.69, 9.17) is 5.73 Å². The number of hydrogen-bond donors (Lipinski definition) is 3. The molecule has 0 unspecified atom stereocenters. The Morgan fingerprint density at radius 3 is 2.42 bits per heavy atom. The summed E-state index contributed by atoms with van der Waals surface area (Å²) in [6, 6.07) is 22.1. The van der Waals surface area contributed by atoms with E-state index in [2.05, 4.69) is 15.3 Å². The van der Waals surface area contributed by atoms with E-state index in [-0.39, 0.29) is 23.3 Å². The molecule has 9 nitrogen and oxygen atoms in total. The Hall–Kier alpha value is -4.16. The van der Waals surface area contributed by atoms with Gasteiger partial charge in [-0.3, -0.25) is 4.57 Å². The number of H-pyrrole nitrogens is 1. The quantitative estimate of drug-likeness (QED) is 0.235. The zero-order chi connectivity index (χ0) is 30.0. The van der Waals surface area contributed by atoms with E-state index < -0.39 is 15.7 Å². The Morgan fingerprint density at radius 1 is 0.977 bits per heavy atom. The van der Waals surface area contributed by atoms with Crippen molar-refractivity contribution in [3.8, 4) is 16.9 Å². The SMILES string of the molecule is NCc1ccc(-n2cc3cc(-c4cccc(S(=O)(=O)N(CCc5ccc(F)cc5)C5CCNCC5)c4)[nH]c3nc2=O)cc1. The lowest BCUT2D eigenvalue weighted by atomic mass is 10.1. The highest BCUT2D eigenvalue weighted by atomic mass is 32.2. The van der Waals surface area contributed by atoms with E-state index in [0.29, 0.717) is 53.8 Å². The van der Waals surface area contributed by atoms with Crippen molar-refractivity contribution < 1.29 is 12.8 Å².